The van der Waals surface area contributed by atoms with Crippen molar-refractivity contribution in [3.05, 3.63) is 23.8 Å². The van der Waals surface area contributed by atoms with Gasteiger partial charge in [-0.15, -0.1) is 11.8 Å². The molecule has 0 aromatic heterocycles. The molecule has 2 N–H and O–H groups in total. The van der Waals surface area contributed by atoms with E-state index in [1.165, 1.54) is 0 Å². The average Bonchev–Trinajstić information content (AvgIpc) is 2.26. The van der Waals surface area contributed by atoms with Crippen molar-refractivity contribution < 1.29 is 4.79 Å². The predicted octanol–water partition coefficient (Wildman–Crippen LogP) is 2.34. The summed E-state index contributed by atoms with van der Waals surface area (Å²) in [6, 6.07) is 5.52. The summed E-state index contributed by atoms with van der Waals surface area (Å²) in [6.07, 6.45) is 0. The number of nitrogens with two attached hydrogens (primary N) is 1. The third-order valence-corrected chi connectivity index (χ3v) is 3.43. The number of carbonyl (C=O) groups excluding carboxylic acids is 1. The Bertz CT molecular complexity index is 385. The van der Waals surface area contributed by atoms with Crippen LogP contribution in [-0.4, -0.2) is 10.5 Å². The summed E-state index contributed by atoms with van der Waals surface area (Å²) in [5, 5.41) is 0. The van der Waals surface area contributed by atoms with E-state index in [-0.39, 0.29) is 10.5 Å². The first-order valence-electron chi connectivity index (χ1n) is 4.14. The quantitative estimate of drug-likeness (QED) is 0.643. The van der Waals surface area contributed by atoms with E-state index in [2.05, 4.69) is 0 Å². The maximum Gasteiger partial charge on any atom is 0.179 e. The van der Waals surface area contributed by atoms with Crippen LogP contribution in [0.15, 0.2) is 23.1 Å². The van der Waals surface area contributed by atoms with E-state index in [4.69, 9.17) is 5.73 Å². The smallest absolute Gasteiger partial charge is 0.179 e. The molecule has 0 aliphatic carbocycles. The molecule has 2 nitrogen and oxygen atoms in total. The van der Waals surface area contributed by atoms with Gasteiger partial charge in [0.2, 0.25) is 0 Å². The Hall–Kier alpha value is -0.960. The standard InChI is InChI=1S/C10H11NOS/c1-10(2)9(12)7-5-6(11)3-4-8(7)13-10/h3-5H,11H2,1-2H3. The van der Waals surface area contributed by atoms with Crippen LogP contribution in [0, 0.1) is 0 Å². The van der Waals surface area contributed by atoms with Gasteiger partial charge in [0.05, 0.1) is 4.75 Å². The minimum atomic E-state index is -0.323. The summed E-state index contributed by atoms with van der Waals surface area (Å²) in [5.41, 5.74) is 7.05. The summed E-state index contributed by atoms with van der Waals surface area (Å²) >= 11 is 1.61. The lowest BCUT2D eigenvalue weighted by Gasteiger charge is -2.11. The zero-order valence-corrected chi connectivity index (χ0v) is 8.44. The number of benzene rings is 1. The van der Waals surface area contributed by atoms with Crippen molar-refractivity contribution in [3.8, 4) is 0 Å². The topological polar surface area (TPSA) is 43.1 Å². The van der Waals surface area contributed by atoms with E-state index in [0.29, 0.717) is 5.69 Å². The molecule has 0 atom stereocenters. The molecule has 1 aromatic carbocycles. The Morgan fingerprint density at radius 3 is 2.77 bits per heavy atom. The van der Waals surface area contributed by atoms with Crippen LogP contribution in [0.5, 0.6) is 0 Å². The fourth-order valence-electron chi connectivity index (χ4n) is 1.46. The number of fused-ring (bicyclic) bond motifs is 1. The SMILES string of the molecule is CC1(C)Sc2ccc(N)cc2C1=O. The molecule has 0 radical (unpaired) electrons. The highest BCUT2D eigenvalue weighted by Gasteiger charge is 2.38. The van der Waals surface area contributed by atoms with Crippen molar-refractivity contribution in [2.75, 3.05) is 5.73 Å². The minimum Gasteiger partial charge on any atom is -0.399 e. The van der Waals surface area contributed by atoms with Gasteiger partial charge in [0.25, 0.3) is 0 Å². The first kappa shape index (κ1) is 8.63. The van der Waals surface area contributed by atoms with Gasteiger partial charge >= 0.3 is 0 Å². The van der Waals surface area contributed by atoms with Crippen molar-refractivity contribution in [2.24, 2.45) is 0 Å². The third kappa shape index (κ3) is 1.23. The van der Waals surface area contributed by atoms with Crippen LogP contribution in [0.4, 0.5) is 5.69 Å². The lowest BCUT2D eigenvalue weighted by Crippen LogP contribution is -2.22. The molecule has 3 heteroatoms. The molecule has 0 saturated heterocycles. The number of rotatable bonds is 0. The van der Waals surface area contributed by atoms with Gasteiger partial charge in [0, 0.05) is 16.1 Å². The van der Waals surface area contributed by atoms with Gasteiger partial charge in [-0.25, -0.2) is 0 Å². The molecule has 1 aromatic rings. The third-order valence-electron chi connectivity index (χ3n) is 2.16. The molecular formula is C10H11NOS. The normalized spacial score (nSPS) is 18.8. The van der Waals surface area contributed by atoms with E-state index >= 15 is 0 Å². The van der Waals surface area contributed by atoms with Gasteiger partial charge in [0.15, 0.2) is 5.78 Å². The number of hydrogen-bond acceptors (Lipinski definition) is 3. The maximum atomic E-state index is 11.8. The molecule has 0 fully saturated rings. The summed E-state index contributed by atoms with van der Waals surface area (Å²) < 4.78 is -0.323. The van der Waals surface area contributed by atoms with E-state index in [1.807, 2.05) is 26.0 Å². The number of ketones is 1. The number of nitrogen functional groups attached to an aromatic ring is 1. The van der Waals surface area contributed by atoms with Crippen LogP contribution in [0.3, 0.4) is 0 Å². The summed E-state index contributed by atoms with van der Waals surface area (Å²) in [6.45, 7) is 3.88. The fraction of sp³-hybridized carbons (Fsp3) is 0.300. The molecule has 68 valence electrons. The number of Topliss-reactive ketones (excluding diaryl/α,β-unsaturated/α-hetero) is 1. The van der Waals surface area contributed by atoms with Crippen LogP contribution in [0.25, 0.3) is 0 Å². The molecule has 1 heterocycles. The Labute approximate surface area is 81.5 Å². The Balaban J connectivity index is 2.57. The average molecular weight is 193 g/mol. The fourth-order valence-corrected chi connectivity index (χ4v) is 2.61. The van der Waals surface area contributed by atoms with Gasteiger partial charge in [-0.1, -0.05) is 0 Å². The molecule has 0 saturated carbocycles. The zero-order valence-electron chi connectivity index (χ0n) is 7.63. The van der Waals surface area contributed by atoms with Gasteiger partial charge in [0.1, 0.15) is 0 Å². The Morgan fingerprint density at radius 1 is 1.38 bits per heavy atom. The monoisotopic (exact) mass is 193 g/mol. The molecular weight excluding hydrogens is 182 g/mol. The summed E-state index contributed by atoms with van der Waals surface area (Å²) in [5.74, 6) is 0.180. The van der Waals surface area contributed by atoms with Gasteiger partial charge in [-0.3, -0.25) is 4.79 Å². The van der Waals surface area contributed by atoms with Crippen LogP contribution in [0.2, 0.25) is 0 Å². The van der Waals surface area contributed by atoms with Crippen molar-refractivity contribution in [2.45, 2.75) is 23.5 Å². The van der Waals surface area contributed by atoms with E-state index in [1.54, 1.807) is 17.8 Å². The van der Waals surface area contributed by atoms with Crippen molar-refractivity contribution >= 4 is 23.2 Å². The van der Waals surface area contributed by atoms with Gasteiger partial charge in [-0.2, -0.15) is 0 Å². The maximum absolute atomic E-state index is 11.8. The molecule has 2 rings (SSSR count). The highest BCUT2D eigenvalue weighted by atomic mass is 32.2. The molecule has 1 aliphatic heterocycles. The lowest BCUT2D eigenvalue weighted by atomic mass is 10.0. The highest BCUT2D eigenvalue weighted by Crippen LogP contribution is 2.44. The zero-order chi connectivity index (χ0) is 9.64. The van der Waals surface area contributed by atoms with Crippen LogP contribution >= 0.6 is 11.8 Å². The second-order valence-corrected chi connectivity index (χ2v) is 5.36. The first-order chi connectivity index (χ1) is 6.00. The molecule has 0 bridgehead atoms. The van der Waals surface area contributed by atoms with E-state index in [9.17, 15) is 4.79 Å². The Morgan fingerprint density at radius 2 is 2.08 bits per heavy atom. The second-order valence-electron chi connectivity index (χ2n) is 3.70. The van der Waals surface area contributed by atoms with Crippen molar-refractivity contribution in [3.63, 3.8) is 0 Å². The number of thioether (sulfide) groups is 1. The number of carbonyl (C=O) groups is 1. The summed E-state index contributed by atoms with van der Waals surface area (Å²) in [7, 11) is 0. The van der Waals surface area contributed by atoms with Crippen LogP contribution in [-0.2, 0) is 0 Å². The van der Waals surface area contributed by atoms with Crippen molar-refractivity contribution in [1.82, 2.24) is 0 Å². The largest absolute Gasteiger partial charge is 0.399 e. The van der Waals surface area contributed by atoms with Crippen LogP contribution < -0.4 is 5.73 Å². The molecule has 0 amide bonds. The predicted molar refractivity (Wildman–Crippen MR) is 55.1 cm³/mol. The molecule has 0 spiro atoms. The number of hydrogen-bond donors (Lipinski definition) is 1. The first-order valence-corrected chi connectivity index (χ1v) is 4.96. The molecule has 13 heavy (non-hydrogen) atoms. The van der Waals surface area contributed by atoms with Crippen LogP contribution in [0.1, 0.15) is 24.2 Å². The van der Waals surface area contributed by atoms with Crippen molar-refractivity contribution in [1.29, 1.82) is 0 Å². The van der Waals surface area contributed by atoms with Gasteiger partial charge in [-0.05, 0) is 32.0 Å². The molecule has 0 unspecified atom stereocenters. The van der Waals surface area contributed by atoms with Gasteiger partial charge < -0.3 is 5.73 Å². The summed E-state index contributed by atoms with van der Waals surface area (Å²) in [4.78, 5) is 12.8. The van der Waals surface area contributed by atoms with E-state index in [0.717, 1.165) is 10.5 Å². The van der Waals surface area contributed by atoms with E-state index < -0.39 is 0 Å². The highest BCUT2D eigenvalue weighted by molar-refractivity contribution is 8.02. The second kappa shape index (κ2) is 2.51. The molecule has 1 aliphatic rings. The Kier molecular flexibility index (Phi) is 1.67. The minimum absolute atomic E-state index is 0.180. The number of anilines is 1. The lowest BCUT2D eigenvalue weighted by molar-refractivity contribution is 0.0961.